The van der Waals surface area contributed by atoms with Crippen molar-refractivity contribution < 1.29 is 4.74 Å². The summed E-state index contributed by atoms with van der Waals surface area (Å²) in [7, 11) is 0. The Bertz CT molecular complexity index is 514. The summed E-state index contributed by atoms with van der Waals surface area (Å²) in [5.41, 5.74) is 0. The third-order valence-corrected chi connectivity index (χ3v) is 6.71. The number of aromatic amines is 1. The zero-order chi connectivity index (χ0) is 16.9. The lowest BCUT2D eigenvalue weighted by Crippen LogP contribution is -2.42. The molecule has 3 fully saturated rings. The molecule has 3 aliphatic rings. The van der Waals surface area contributed by atoms with Crippen molar-refractivity contribution in [3.63, 3.8) is 0 Å². The molecule has 2 N–H and O–H groups in total. The van der Waals surface area contributed by atoms with Crippen LogP contribution in [-0.4, -0.2) is 34.4 Å². The van der Waals surface area contributed by atoms with E-state index >= 15 is 0 Å². The van der Waals surface area contributed by atoms with Gasteiger partial charge in [0, 0.05) is 25.2 Å². The molecule has 0 bridgehead atoms. The third kappa shape index (κ3) is 4.43. The Kier molecular flexibility index (Phi) is 6.03. The quantitative estimate of drug-likeness (QED) is 0.819. The van der Waals surface area contributed by atoms with Crippen LogP contribution in [0.5, 0.6) is 0 Å². The standard InChI is InChI=1S/C20H34N4O/c1-2-6-15(7-3-1)19(16-8-4-5-9-16)21-14-18-22-20(24-23-18)17-10-12-25-13-11-17/h15-17,19,21H,1-14H2,(H,22,23,24). The van der Waals surface area contributed by atoms with Crippen LogP contribution < -0.4 is 5.32 Å². The van der Waals surface area contributed by atoms with E-state index in [1.165, 1.54) is 57.8 Å². The summed E-state index contributed by atoms with van der Waals surface area (Å²) in [4.78, 5) is 4.79. The van der Waals surface area contributed by atoms with Crippen molar-refractivity contribution >= 4 is 0 Å². The molecule has 2 saturated carbocycles. The summed E-state index contributed by atoms with van der Waals surface area (Å²) in [5, 5.41) is 11.6. The first-order valence-corrected chi connectivity index (χ1v) is 10.6. The van der Waals surface area contributed by atoms with Crippen LogP contribution in [0.4, 0.5) is 0 Å². The monoisotopic (exact) mass is 346 g/mol. The number of ether oxygens (including phenoxy) is 1. The topological polar surface area (TPSA) is 62.8 Å². The van der Waals surface area contributed by atoms with E-state index in [1.54, 1.807) is 0 Å². The average molecular weight is 347 g/mol. The number of rotatable bonds is 6. The molecule has 0 spiro atoms. The Labute approximate surface area is 151 Å². The predicted octanol–water partition coefficient (Wildman–Crippen LogP) is 3.93. The molecule has 25 heavy (non-hydrogen) atoms. The van der Waals surface area contributed by atoms with Crippen molar-refractivity contribution in [3.05, 3.63) is 11.6 Å². The molecule has 1 aromatic rings. The summed E-state index contributed by atoms with van der Waals surface area (Å²) in [5.74, 6) is 4.23. The molecule has 5 nitrogen and oxygen atoms in total. The highest BCUT2D eigenvalue weighted by Crippen LogP contribution is 2.36. The number of hydrogen-bond donors (Lipinski definition) is 2. The molecule has 2 heterocycles. The highest BCUT2D eigenvalue weighted by Gasteiger charge is 2.32. The zero-order valence-electron chi connectivity index (χ0n) is 15.5. The van der Waals surface area contributed by atoms with Gasteiger partial charge in [0.25, 0.3) is 0 Å². The number of hydrogen-bond acceptors (Lipinski definition) is 4. The van der Waals surface area contributed by atoms with Crippen LogP contribution in [0, 0.1) is 11.8 Å². The van der Waals surface area contributed by atoms with Gasteiger partial charge in [0.2, 0.25) is 0 Å². The lowest BCUT2D eigenvalue weighted by atomic mass is 9.78. The van der Waals surface area contributed by atoms with Crippen LogP contribution in [0.3, 0.4) is 0 Å². The summed E-state index contributed by atoms with van der Waals surface area (Å²) in [6.07, 6.45) is 14.9. The lowest BCUT2D eigenvalue weighted by Gasteiger charge is -2.35. The van der Waals surface area contributed by atoms with Gasteiger partial charge in [0.05, 0.1) is 6.54 Å². The summed E-state index contributed by atoms with van der Waals surface area (Å²) in [6.45, 7) is 2.53. The Morgan fingerprint density at radius 3 is 2.24 bits per heavy atom. The van der Waals surface area contributed by atoms with E-state index in [0.29, 0.717) is 12.0 Å². The Morgan fingerprint density at radius 1 is 0.920 bits per heavy atom. The molecule has 140 valence electrons. The maximum Gasteiger partial charge on any atom is 0.154 e. The Hall–Kier alpha value is -0.940. The number of aromatic nitrogens is 3. The first-order valence-electron chi connectivity index (χ1n) is 10.6. The van der Waals surface area contributed by atoms with Crippen molar-refractivity contribution in [2.45, 2.75) is 89.1 Å². The van der Waals surface area contributed by atoms with Crippen molar-refractivity contribution in [1.82, 2.24) is 20.5 Å². The highest BCUT2D eigenvalue weighted by atomic mass is 16.5. The molecule has 5 heteroatoms. The predicted molar refractivity (Wildman–Crippen MR) is 98.3 cm³/mol. The van der Waals surface area contributed by atoms with Crippen LogP contribution in [0.2, 0.25) is 0 Å². The molecule has 1 saturated heterocycles. The van der Waals surface area contributed by atoms with E-state index in [-0.39, 0.29) is 0 Å². The van der Waals surface area contributed by atoms with E-state index in [1.807, 2.05) is 0 Å². The van der Waals surface area contributed by atoms with E-state index < -0.39 is 0 Å². The van der Waals surface area contributed by atoms with E-state index in [9.17, 15) is 0 Å². The largest absolute Gasteiger partial charge is 0.381 e. The lowest BCUT2D eigenvalue weighted by molar-refractivity contribution is 0.0836. The van der Waals surface area contributed by atoms with Crippen LogP contribution in [0.15, 0.2) is 0 Å². The van der Waals surface area contributed by atoms with Crippen molar-refractivity contribution in [1.29, 1.82) is 0 Å². The maximum atomic E-state index is 5.45. The van der Waals surface area contributed by atoms with Crippen LogP contribution in [0.25, 0.3) is 0 Å². The minimum Gasteiger partial charge on any atom is -0.381 e. The number of nitrogens with one attached hydrogen (secondary N) is 2. The second-order valence-electron chi connectivity index (χ2n) is 8.38. The second kappa shape index (κ2) is 8.63. The molecule has 0 amide bonds. The van der Waals surface area contributed by atoms with Gasteiger partial charge in [-0.1, -0.05) is 32.1 Å². The SMILES string of the molecule is C1CCC(C(NCc2nc(C3CCOCC3)n[nH]2)C2CCCC2)CC1. The van der Waals surface area contributed by atoms with Crippen molar-refractivity contribution in [2.24, 2.45) is 11.8 Å². The number of H-pyrrole nitrogens is 1. The highest BCUT2D eigenvalue weighted by molar-refractivity contribution is 4.99. The second-order valence-corrected chi connectivity index (χ2v) is 8.38. The van der Waals surface area contributed by atoms with Gasteiger partial charge >= 0.3 is 0 Å². The molecular formula is C20H34N4O. The minimum absolute atomic E-state index is 0.475. The van der Waals surface area contributed by atoms with Crippen molar-refractivity contribution in [3.8, 4) is 0 Å². The third-order valence-electron chi connectivity index (χ3n) is 6.71. The minimum atomic E-state index is 0.475. The van der Waals surface area contributed by atoms with E-state index in [0.717, 1.165) is 56.1 Å². The summed E-state index contributed by atoms with van der Waals surface area (Å²) >= 11 is 0. The molecular weight excluding hydrogens is 312 g/mol. The van der Waals surface area contributed by atoms with Gasteiger partial charge in [-0.3, -0.25) is 5.10 Å². The normalized spacial score (nSPS) is 25.4. The van der Waals surface area contributed by atoms with Gasteiger partial charge < -0.3 is 10.1 Å². The Morgan fingerprint density at radius 2 is 1.56 bits per heavy atom. The van der Waals surface area contributed by atoms with Crippen LogP contribution in [0.1, 0.15) is 88.2 Å². The molecule has 1 unspecified atom stereocenters. The average Bonchev–Trinajstić information content (AvgIpc) is 3.36. The molecule has 1 aromatic heterocycles. The molecule has 0 radical (unpaired) electrons. The molecule has 4 rings (SSSR count). The van der Waals surface area contributed by atoms with Gasteiger partial charge in [0.1, 0.15) is 5.82 Å². The molecule has 2 aliphatic carbocycles. The Balaban J connectivity index is 1.36. The zero-order valence-corrected chi connectivity index (χ0v) is 15.5. The first-order chi connectivity index (χ1) is 12.4. The molecule has 1 aliphatic heterocycles. The van der Waals surface area contributed by atoms with Crippen molar-refractivity contribution in [2.75, 3.05) is 13.2 Å². The van der Waals surface area contributed by atoms with Crippen LogP contribution >= 0.6 is 0 Å². The fourth-order valence-corrected chi connectivity index (χ4v) is 5.27. The first kappa shape index (κ1) is 17.5. The van der Waals surface area contributed by atoms with Gasteiger partial charge in [-0.2, -0.15) is 5.10 Å². The fraction of sp³-hybridized carbons (Fsp3) is 0.900. The fourth-order valence-electron chi connectivity index (χ4n) is 5.27. The summed E-state index contributed by atoms with van der Waals surface area (Å²) in [6, 6.07) is 0.680. The molecule has 0 aromatic carbocycles. The van der Waals surface area contributed by atoms with E-state index in [2.05, 4.69) is 15.5 Å². The molecule has 1 atom stereocenters. The maximum absolute atomic E-state index is 5.45. The number of nitrogens with zero attached hydrogens (tertiary/aromatic N) is 2. The van der Waals surface area contributed by atoms with Gasteiger partial charge in [0.15, 0.2) is 5.82 Å². The van der Waals surface area contributed by atoms with Gasteiger partial charge in [-0.05, 0) is 50.4 Å². The van der Waals surface area contributed by atoms with Gasteiger partial charge in [-0.25, -0.2) is 4.98 Å². The van der Waals surface area contributed by atoms with Gasteiger partial charge in [-0.15, -0.1) is 0 Å². The van der Waals surface area contributed by atoms with Crippen LogP contribution in [-0.2, 0) is 11.3 Å². The van der Waals surface area contributed by atoms with E-state index in [4.69, 9.17) is 9.72 Å². The smallest absolute Gasteiger partial charge is 0.154 e. The summed E-state index contributed by atoms with van der Waals surface area (Å²) < 4.78 is 5.45.